The number of benzene rings is 2. The first-order chi connectivity index (χ1) is 11.2. The van der Waals surface area contributed by atoms with Gasteiger partial charge in [-0.1, -0.05) is 12.1 Å². The first kappa shape index (κ1) is 16.7. The number of methoxy groups -OCH3 is 1. The molecule has 2 aromatic rings. The Labute approximate surface area is 135 Å². The van der Waals surface area contributed by atoms with Crippen molar-refractivity contribution in [1.29, 1.82) is 0 Å². The van der Waals surface area contributed by atoms with Crippen LogP contribution in [0, 0.1) is 0 Å². The Morgan fingerprint density at radius 3 is 2.26 bits per heavy atom. The molecule has 23 heavy (non-hydrogen) atoms. The Bertz CT molecular complexity index is 622. The van der Waals surface area contributed by atoms with E-state index in [9.17, 15) is 4.79 Å². The van der Waals surface area contributed by atoms with E-state index in [1.807, 2.05) is 48.5 Å². The number of carbonyl (C=O) groups is 1. The molecular formula is C18H20O5. The summed E-state index contributed by atoms with van der Waals surface area (Å²) in [5.74, 6) is 1.45. The van der Waals surface area contributed by atoms with Crippen LogP contribution < -0.4 is 14.2 Å². The van der Waals surface area contributed by atoms with Crippen LogP contribution in [0.3, 0.4) is 0 Å². The van der Waals surface area contributed by atoms with Crippen LogP contribution in [0.25, 0.3) is 0 Å². The number of hydrogen-bond acceptors (Lipinski definition) is 4. The van der Waals surface area contributed by atoms with Crippen LogP contribution in [-0.4, -0.2) is 31.4 Å². The van der Waals surface area contributed by atoms with Crippen molar-refractivity contribution in [3.63, 3.8) is 0 Å². The summed E-state index contributed by atoms with van der Waals surface area (Å²) in [4.78, 5) is 10.6. The lowest BCUT2D eigenvalue weighted by atomic mass is 10.1. The third-order valence-electron chi connectivity index (χ3n) is 3.21. The zero-order valence-electron chi connectivity index (χ0n) is 13.0. The molecule has 5 heteroatoms. The lowest BCUT2D eigenvalue weighted by Crippen LogP contribution is -2.09. The minimum absolute atomic E-state index is 0.115. The summed E-state index contributed by atoms with van der Waals surface area (Å²) < 4.78 is 16.3. The van der Waals surface area contributed by atoms with Crippen LogP contribution in [0.2, 0.25) is 0 Å². The summed E-state index contributed by atoms with van der Waals surface area (Å²) in [6, 6.07) is 14.8. The van der Waals surface area contributed by atoms with Crippen molar-refractivity contribution in [3.8, 4) is 17.2 Å². The zero-order chi connectivity index (χ0) is 16.5. The zero-order valence-corrected chi connectivity index (χ0v) is 13.0. The van der Waals surface area contributed by atoms with Crippen LogP contribution >= 0.6 is 0 Å². The second-order valence-corrected chi connectivity index (χ2v) is 4.91. The van der Waals surface area contributed by atoms with Gasteiger partial charge in [0.15, 0.2) is 0 Å². The second kappa shape index (κ2) is 8.68. The molecule has 0 fully saturated rings. The lowest BCUT2D eigenvalue weighted by molar-refractivity contribution is -0.136. The van der Waals surface area contributed by atoms with E-state index in [4.69, 9.17) is 19.3 Å². The van der Waals surface area contributed by atoms with Crippen LogP contribution in [0.5, 0.6) is 17.2 Å². The molecule has 0 radical (unpaired) electrons. The smallest absolute Gasteiger partial charge is 0.303 e. The van der Waals surface area contributed by atoms with Crippen molar-refractivity contribution in [3.05, 3.63) is 54.1 Å². The largest absolute Gasteiger partial charge is 0.497 e. The van der Waals surface area contributed by atoms with Gasteiger partial charge in [-0.25, -0.2) is 0 Å². The molecule has 0 aliphatic carbocycles. The summed E-state index contributed by atoms with van der Waals surface area (Å²) in [5, 5.41) is 8.70. The molecule has 0 heterocycles. The first-order valence-electron chi connectivity index (χ1n) is 7.38. The molecule has 0 amide bonds. The molecule has 0 saturated heterocycles. The molecule has 0 atom stereocenters. The molecule has 2 aromatic carbocycles. The van der Waals surface area contributed by atoms with Gasteiger partial charge in [0.05, 0.1) is 7.11 Å². The predicted octanol–water partition coefficient (Wildman–Crippen LogP) is 3.17. The number of carboxylic acid groups (broad SMARTS) is 1. The maximum absolute atomic E-state index is 10.6. The molecule has 5 nitrogen and oxygen atoms in total. The van der Waals surface area contributed by atoms with E-state index in [0.29, 0.717) is 25.4 Å². The van der Waals surface area contributed by atoms with Gasteiger partial charge in [-0.2, -0.15) is 0 Å². The molecule has 1 N–H and O–H groups in total. The molecule has 122 valence electrons. The SMILES string of the molecule is COc1ccc(OCCOc2cccc(CCC(=O)O)c2)cc1. The van der Waals surface area contributed by atoms with Crippen molar-refractivity contribution in [2.45, 2.75) is 12.8 Å². The topological polar surface area (TPSA) is 65.0 Å². The van der Waals surface area contributed by atoms with Crippen molar-refractivity contribution < 1.29 is 24.1 Å². The molecule has 0 bridgehead atoms. The maximum Gasteiger partial charge on any atom is 0.303 e. The number of aliphatic carboxylic acids is 1. The van der Waals surface area contributed by atoms with E-state index < -0.39 is 5.97 Å². The van der Waals surface area contributed by atoms with E-state index in [0.717, 1.165) is 17.1 Å². The van der Waals surface area contributed by atoms with Gasteiger partial charge in [-0.05, 0) is 48.4 Å². The van der Waals surface area contributed by atoms with E-state index in [1.54, 1.807) is 7.11 Å². The molecular weight excluding hydrogens is 296 g/mol. The van der Waals surface area contributed by atoms with Gasteiger partial charge in [0.2, 0.25) is 0 Å². The highest BCUT2D eigenvalue weighted by atomic mass is 16.5. The van der Waals surface area contributed by atoms with Crippen molar-refractivity contribution in [2.75, 3.05) is 20.3 Å². The summed E-state index contributed by atoms with van der Waals surface area (Å²) in [6.07, 6.45) is 0.610. The normalized spacial score (nSPS) is 10.1. The van der Waals surface area contributed by atoms with Crippen LogP contribution in [0.4, 0.5) is 0 Å². The Morgan fingerprint density at radius 1 is 0.957 bits per heavy atom. The quantitative estimate of drug-likeness (QED) is 0.720. The summed E-state index contributed by atoms with van der Waals surface area (Å²) >= 11 is 0. The van der Waals surface area contributed by atoms with Crippen molar-refractivity contribution in [1.82, 2.24) is 0 Å². The maximum atomic E-state index is 10.6. The van der Waals surface area contributed by atoms with Gasteiger partial charge in [0, 0.05) is 6.42 Å². The summed E-state index contributed by atoms with van der Waals surface area (Å²) in [7, 11) is 1.62. The number of rotatable bonds is 9. The van der Waals surface area contributed by atoms with E-state index in [-0.39, 0.29) is 6.42 Å². The fourth-order valence-corrected chi connectivity index (χ4v) is 2.03. The Kier molecular flexibility index (Phi) is 6.29. The number of aryl methyl sites for hydroxylation is 1. The minimum atomic E-state index is -0.802. The number of hydrogen-bond donors (Lipinski definition) is 1. The van der Waals surface area contributed by atoms with Crippen LogP contribution in [0.1, 0.15) is 12.0 Å². The Hall–Kier alpha value is -2.69. The standard InChI is InChI=1S/C18H20O5/c1-21-15-6-8-16(9-7-15)22-11-12-23-17-4-2-3-14(13-17)5-10-18(19)20/h2-4,6-9,13H,5,10-12H2,1H3,(H,19,20). The van der Waals surface area contributed by atoms with Gasteiger partial charge < -0.3 is 19.3 Å². The molecule has 0 aromatic heterocycles. The van der Waals surface area contributed by atoms with E-state index in [2.05, 4.69) is 0 Å². The monoisotopic (exact) mass is 316 g/mol. The molecule has 0 spiro atoms. The highest BCUT2D eigenvalue weighted by molar-refractivity contribution is 5.67. The van der Waals surface area contributed by atoms with Gasteiger partial charge in [-0.15, -0.1) is 0 Å². The molecule has 0 saturated carbocycles. The Morgan fingerprint density at radius 2 is 1.61 bits per heavy atom. The predicted molar refractivity (Wildman–Crippen MR) is 86.4 cm³/mol. The van der Waals surface area contributed by atoms with E-state index in [1.165, 1.54) is 0 Å². The average molecular weight is 316 g/mol. The van der Waals surface area contributed by atoms with Gasteiger partial charge in [0.1, 0.15) is 30.5 Å². The van der Waals surface area contributed by atoms with Crippen LogP contribution in [-0.2, 0) is 11.2 Å². The highest BCUT2D eigenvalue weighted by Gasteiger charge is 2.01. The molecule has 0 aliphatic heterocycles. The third-order valence-corrected chi connectivity index (χ3v) is 3.21. The lowest BCUT2D eigenvalue weighted by Gasteiger charge is -2.10. The summed E-state index contributed by atoms with van der Waals surface area (Å²) in [6.45, 7) is 0.833. The minimum Gasteiger partial charge on any atom is -0.497 e. The average Bonchev–Trinajstić information content (AvgIpc) is 2.58. The number of ether oxygens (including phenoxy) is 3. The van der Waals surface area contributed by atoms with Gasteiger partial charge in [0.25, 0.3) is 0 Å². The third kappa shape index (κ3) is 5.90. The number of carboxylic acids is 1. The summed E-state index contributed by atoms with van der Waals surface area (Å²) in [5.41, 5.74) is 0.945. The van der Waals surface area contributed by atoms with Crippen LogP contribution in [0.15, 0.2) is 48.5 Å². The fourth-order valence-electron chi connectivity index (χ4n) is 2.03. The molecule has 0 aliphatic rings. The molecule has 0 unspecified atom stereocenters. The van der Waals surface area contributed by atoms with Crippen molar-refractivity contribution >= 4 is 5.97 Å². The van der Waals surface area contributed by atoms with Crippen molar-refractivity contribution in [2.24, 2.45) is 0 Å². The molecule has 2 rings (SSSR count). The van der Waals surface area contributed by atoms with E-state index >= 15 is 0 Å². The highest BCUT2D eigenvalue weighted by Crippen LogP contribution is 2.17. The fraction of sp³-hybridized carbons (Fsp3) is 0.278. The van der Waals surface area contributed by atoms with Gasteiger partial charge in [-0.3, -0.25) is 4.79 Å². The van der Waals surface area contributed by atoms with Gasteiger partial charge >= 0.3 is 5.97 Å². The first-order valence-corrected chi connectivity index (χ1v) is 7.38. The Balaban J connectivity index is 1.75. The second-order valence-electron chi connectivity index (χ2n) is 4.91.